The zero-order chi connectivity index (χ0) is 12.3. The van der Waals surface area contributed by atoms with Crippen LogP contribution in [0.5, 0.6) is 0 Å². The van der Waals surface area contributed by atoms with Crippen molar-refractivity contribution >= 4 is 13.8 Å². The van der Waals surface area contributed by atoms with Crippen LogP contribution < -0.4 is 0 Å². The first kappa shape index (κ1) is 12.2. The Morgan fingerprint density at radius 2 is 2.47 bits per heavy atom. The van der Waals surface area contributed by atoms with Crippen molar-refractivity contribution in [3.63, 3.8) is 0 Å². The largest absolute Gasteiger partial charge is 0.529 e. The van der Waals surface area contributed by atoms with Crippen LogP contribution in [0.25, 0.3) is 0 Å². The second-order valence-electron chi connectivity index (χ2n) is 3.34. The van der Waals surface area contributed by atoms with Crippen molar-refractivity contribution in [3.8, 4) is 0 Å². The molecule has 0 spiro atoms. The highest BCUT2D eigenvalue weighted by Crippen LogP contribution is 2.44. The minimum absolute atomic E-state index is 0.0753. The number of epoxide rings is 1. The maximum absolute atomic E-state index is 11.4. The van der Waals surface area contributed by atoms with Crippen molar-refractivity contribution in [1.29, 1.82) is 0 Å². The number of aromatic nitrogens is 1. The Balaban J connectivity index is 1.90. The molecule has 2 heterocycles. The molecule has 1 aliphatic heterocycles. The Bertz CT molecular complexity index is 446. The van der Waals surface area contributed by atoms with Gasteiger partial charge in [0.25, 0.3) is 0 Å². The summed E-state index contributed by atoms with van der Waals surface area (Å²) < 4.78 is 25.1. The minimum atomic E-state index is -4.39. The van der Waals surface area contributed by atoms with E-state index in [1.807, 2.05) is 0 Å². The minimum Gasteiger partial charge on any atom is -0.371 e. The number of pyridine rings is 1. The van der Waals surface area contributed by atoms with Gasteiger partial charge in [-0.25, -0.2) is 9.36 Å². The van der Waals surface area contributed by atoms with E-state index in [2.05, 4.69) is 14.0 Å². The second-order valence-corrected chi connectivity index (χ2v) is 4.72. The average molecular weight is 259 g/mol. The molecule has 1 aromatic rings. The van der Waals surface area contributed by atoms with Crippen LogP contribution in [0.15, 0.2) is 24.5 Å². The van der Waals surface area contributed by atoms with Gasteiger partial charge in [-0.3, -0.25) is 14.4 Å². The molecule has 1 N–H and O–H groups in total. The van der Waals surface area contributed by atoms with Gasteiger partial charge in [0.2, 0.25) is 0 Å². The number of nitrogens with zero attached hydrogens (tertiary/aromatic N) is 1. The van der Waals surface area contributed by atoms with Crippen LogP contribution in [-0.4, -0.2) is 35.2 Å². The summed E-state index contributed by atoms with van der Waals surface area (Å²) in [7, 11) is -4.39. The van der Waals surface area contributed by atoms with Gasteiger partial charge < -0.3 is 9.26 Å². The number of rotatable bonds is 5. The molecule has 0 amide bonds. The molecule has 0 aromatic carbocycles. The highest BCUT2D eigenvalue weighted by atomic mass is 31.2. The molecular weight excluding hydrogens is 249 g/mol. The number of carbonyl (C=O) groups is 1. The molecule has 2 rings (SSSR count). The monoisotopic (exact) mass is 259 g/mol. The van der Waals surface area contributed by atoms with E-state index in [0.29, 0.717) is 6.61 Å². The quantitative estimate of drug-likeness (QED) is 0.615. The Hall–Kier alpha value is -1.27. The molecule has 7 nitrogen and oxygen atoms in total. The molecule has 1 aliphatic rings. The van der Waals surface area contributed by atoms with Crippen molar-refractivity contribution in [2.75, 3.05) is 13.2 Å². The van der Waals surface area contributed by atoms with Crippen molar-refractivity contribution < 1.29 is 28.0 Å². The van der Waals surface area contributed by atoms with E-state index in [9.17, 15) is 14.3 Å². The lowest BCUT2D eigenvalue weighted by Crippen LogP contribution is -2.07. The van der Waals surface area contributed by atoms with Crippen LogP contribution >= 0.6 is 7.82 Å². The Kier molecular flexibility index (Phi) is 3.54. The van der Waals surface area contributed by atoms with Gasteiger partial charge in [-0.05, 0) is 12.1 Å². The van der Waals surface area contributed by atoms with Crippen LogP contribution in [0.2, 0.25) is 0 Å². The first-order chi connectivity index (χ1) is 8.07. The van der Waals surface area contributed by atoms with Gasteiger partial charge in [0.05, 0.1) is 18.8 Å². The number of phosphoric ester groups is 1. The number of carbonyl (C=O) groups excluding carboxylic acids is 1. The molecular formula is C9H10NO6P. The molecule has 0 saturated carbocycles. The maximum atomic E-state index is 11.4. The Labute approximate surface area is 97.0 Å². The first-order valence-corrected chi connectivity index (χ1v) is 6.29. The van der Waals surface area contributed by atoms with Gasteiger partial charge in [-0.15, -0.1) is 0 Å². The zero-order valence-electron chi connectivity index (χ0n) is 8.68. The van der Waals surface area contributed by atoms with Crippen LogP contribution in [-0.2, 0) is 18.3 Å². The number of ether oxygens (including phenoxy) is 1. The van der Waals surface area contributed by atoms with E-state index >= 15 is 0 Å². The van der Waals surface area contributed by atoms with Crippen LogP contribution in [0.4, 0.5) is 0 Å². The highest BCUT2D eigenvalue weighted by Gasteiger charge is 2.32. The van der Waals surface area contributed by atoms with E-state index < -0.39 is 13.8 Å². The van der Waals surface area contributed by atoms with Gasteiger partial charge >= 0.3 is 13.8 Å². The molecule has 0 bridgehead atoms. The van der Waals surface area contributed by atoms with Gasteiger partial charge in [-0.2, -0.15) is 0 Å². The average Bonchev–Trinajstić information content (AvgIpc) is 3.11. The smallest absolute Gasteiger partial charge is 0.371 e. The van der Waals surface area contributed by atoms with E-state index in [4.69, 9.17) is 4.74 Å². The third-order valence-corrected chi connectivity index (χ3v) is 2.79. The third-order valence-electron chi connectivity index (χ3n) is 1.92. The highest BCUT2D eigenvalue weighted by molar-refractivity contribution is 7.48. The molecule has 2 atom stereocenters. The van der Waals surface area contributed by atoms with Gasteiger partial charge in [-0.1, -0.05) is 0 Å². The Morgan fingerprint density at radius 3 is 3.06 bits per heavy atom. The summed E-state index contributed by atoms with van der Waals surface area (Å²) in [5, 5.41) is 0. The summed E-state index contributed by atoms with van der Waals surface area (Å²) in [6, 6.07) is 2.93. The van der Waals surface area contributed by atoms with Gasteiger partial charge in [0.1, 0.15) is 6.10 Å². The maximum Gasteiger partial charge on any atom is 0.529 e. The lowest BCUT2D eigenvalue weighted by atomic mass is 10.3. The summed E-state index contributed by atoms with van der Waals surface area (Å²) in [4.78, 5) is 24.3. The van der Waals surface area contributed by atoms with Crippen LogP contribution in [0.1, 0.15) is 10.4 Å². The molecule has 0 radical (unpaired) electrons. The molecule has 0 aliphatic carbocycles. The summed E-state index contributed by atoms with van der Waals surface area (Å²) in [5.74, 6) is -0.958. The third kappa shape index (κ3) is 3.90. The summed E-state index contributed by atoms with van der Waals surface area (Å²) >= 11 is 0. The molecule has 1 unspecified atom stereocenters. The summed E-state index contributed by atoms with van der Waals surface area (Å²) in [5.41, 5.74) is 0.0769. The van der Waals surface area contributed by atoms with E-state index in [0.717, 1.165) is 0 Å². The van der Waals surface area contributed by atoms with Crippen molar-refractivity contribution in [2.45, 2.75) is 6.10 Å². The van der Waals surface area contributed by atoms with Crippen molar-refractivity contribution in [3.05, 3.63) is 30.1 Å². The SMILES string of the molecule is O=C(OP(=O)(O)OC[C@H]1CO1)c1cccnc1. The first-order valence-electron chi connectivity index (χ1n) is 4.80. The molecule has 8 heteroatoms. The van der Waals surface area contributed by atoms with Crippen molar-refractivity contribution in [1.82, 2.24) is 4.98 Å². The van der Waals surface area contributed by atoms with Crippen LogP contribution in [0.3, 0.4) is 0 Å². The number of hydrogen-bond acceptors (Lipinski definition) is 6. The molecule has 1 saturated heterocycles. The lowest BCUT2D eigenvalue weighted by Gasteiger charge is -2.10. The fourth-order valence-corrected chi connectivity index (χ4v) is 1.73. The van der Waals surface area contributed by atoms with E-state index in [-0.39, 0.29) is 18.3 Å². The predicted molar refractivity (Wildman–Crippen MR) is 55.2 cm³/mol. The summed E-state index contributed by atoms with van der Waals surface area (Å²) in [6.45, 7) is 0.407. The fourth-order valence-electron chi connectivity index (χ4n) is 1.01. The van der Waals surface area contributed by atoms with Crippen LogP contribution in [0, 0.1) is 0 Å². The van der Waals surface area contributed by atoms with E-state index in [1.54, 1.807) is 0 Å². The standard InChI is InChI=1S/C9H10NO6P/c11-9(7-2-1-3-10-4-7)16-17(12,13)15-6-8-5-14-8/h1-4,8H,5-6H2,(H,12,13)/t8-/m1/s1. The molecule has 1 aromatic heterocycles. The number of hydrogen-bond donors (Lipinski definition) is 1. The predicted octanol–water partition coefficient (Wildman–Crippen LogP) is 0.754. The molecule has 92 valence electrons. The Morgan fingerprint density at radius 1 is 1.71 bits per heavy atom. The topological polar surface area (TPSA) is 98.3 Å². The zero-order valence-corrected chi connectivity index (χ0v) is 9.58. The molecule has 17 heavy (non-hydrogen) atoms. The second kappa shape index (κ2) is 4.93. The normalized spacial score (nSPS) is 21.6. The lowest BCUT2D eigenvalue weighted by molar-refractivity contribution is 0.0635. The van der Waals surface area contributed by atoms with Gasteiger partial charge in [0.15, 0.2) is 0 Å². The molecule has 1 fully saturated rings. The van der Waals surface area contributed by atoms with E-state index in [1.165, 1.54) is 24.5 Å². The van der Waals surface area contributed by atoms with Crippen molar-refractivity contribution in [2.24, 2.45) is 0 Å². The number of phosphoric acid groups is 1. The van der Waals surface area contributed by atoms with Gasteiger partial charge in [0, 0.05) is 12.4 Å². The summed E-state index contributed by atoms with van der Waals surface area (Å²) in [6.07, 6.45) is 2.51. The fraction of sp³-hybridized carbons (Fsp3) is 0.333.